The highest BCUT2D eigenvalue weighted by Gasteiger charge is 2.15. The molecule has 6 nitrogen and oxygen atoms in total. The maximum atomic E-state index is 11.0. The Kier molecular flexibility index (Phi) is 6.14. The largest absolute Gasteiger partial charge is 0.453 e. The summed E-state index contributed by atoms with van der Waals surface area (Å²) in [5.41, 5.74) is 0. The summed E-state index contributed by atoms with van der Waals surface area (Å²) < 4.78 is 9.71. The Morgan fingerprint density at radius 3 is 2.81 bits per heavy atom. The maximum absolute atomic E-state index is 11.0. The Bertz CT molecular complexity index is 207. The van der Waals surface area contributed by atoms with Crippen LogP contribution in [-0.4, -0.2) is 68.7 Å². The van der Waals surface area contributed by atoms with Crippen LogP contribution in [0.4, 0.5) is 4.79 Å². The molecule has 2 N–H and O–H groups in total. The fourth-order valence-corrected chi connectivity index (χ4v) is 1.60. The summed E-state index contributed by atoms with van der Waals surface area (Å²) in [6.45, 7) is 4.12. The molecule has 1 aliphatic heterocycles. The first kappa shape index (κ1) is 13.2. The number of ether oxygens (including phenoxy) is 2. The normalized spacial score (nSPS) is 19.1. The molecule has 0 saturated carbocycles. The fourth-order valence-electron chi connectivity index (χ4n) is 1.60. The molecular formula is C10H20N2O4. The number of carbonyl (C=O) groups excluding carboxylic acids is 1. The molecule has 1 amide bonds. The molecule has 0 aliphatic carbocycles. The Labute approximate surface area is 95.5 Å². The van der Waals surface area contributed by atoms with Gasteiger partial charge in [0.05, 0.1) is 33.0 Å². The van der Waals surface area contributed by atoms with Crippen molar-refractivity contribution in [2.24, 2.45) is 0 Å². The van der Waals surface area contributed by atoms with E-state index in [4.69, 9.17) is 9.84 Å². The quantitative estimate of drug-likeness (QED) is 0.664. The number of alkyl carbamates (subject to hydrolysis) is 1. The van der Waals surface area contributed by atoms with Gasteiger partial charge in [-0.3, -0.25) is 4.90 Å². The Balaban J connectivity index is 2.19. The lowest BCUT2D eigenvalue weighted by Gasteiger charge is -2.28. The van der Waals surface area contributed by atoms with Crippen molar-refractivity contribution in [3.05, 3.63) is 0 Å². The molecule has 0 radical (unpaired) electrons. The lowest BCUT2D eigenvalue weighted by atomic mass is 10.2. The fraction of sp³-hybridized carbons (Fsp3) is 0.900. The number of nitrogens with one attached hydrogen (secondary N) is 1. The molecule has 0 aromatic carbocycles. The molecule has 0 bridgehead atoms. The van der Waals surface area contributed by atoms with Crippen LogP contribution in [0.3, 0.4) is 0 Å². The van der Waals surface area contributed by atoms with Crippen LogP contribution in [0.25, 0.3) is 0 Å². The average molecular weight is 232 g/mol. The lowest BCUT2D eigenvalue weighted by molar-refractivity contribution is 0.0351. The van der Waals surface area contributed by atoms with E-state index < -0.39 is 6.09 Å². The van der Waals surface area contributed by atoms with E-state index in [1.165, 1.54) is 7.11 Å². The monoisotopic (exact) mass is 232 g/mol. The van der Waals surface area contributed by atoms with Crippen LogP contribution in [0.1, 0.15) is 6.42 Å². The molecule has 6 heteroatoms. The molecule has 1 fully saturated rings. The average Bonchev–Trinajstić information content (AvgIpc) is 2.35. The zero-order chi connectivity index (χ0) is 11.8. The maximum Gasteiger partial charge on any atom is 0.407 e. The SMILES string of the molecule is COC(=O)NC(CO)CCN1CCOCC1. The van der Waals surface area contributed by atoms with Crippen molar-refractivity contribution in [1.29, 1.82) is 0 Å². The number of morpholine rings is 1. The highest BCUT2D eigenvalue weighted by atomic mass is 16.5. The molecule has 1 unspecified atom stereocenters. The molecular weight excluding hydrogens is 212 g/mol. The van der Waals surface area contributed by atoms with Crippen molar-refractivity contribution in [2.45, 2.75) is 12.5 Å². The van der Waals surface area contributed by atoms with Crippen LogP contribution >= 0.6 is 0 Å². The topological polar surface area (TPSA) is 71.0 Å². The Morgan fingerprint density at radius 1 is 1.56 bits per heavy atom. The van der Waals surface area contributed by atoms with Crippen LogP contribution in [0.15, 0.2) is 0 Å². The minimum absolute atomic E-state index is 0.0700. The molecule has 1 saturated heterocycles. The van der Waals surface area contributed by atoms with E-state index in [1.807, 2.05) is 0 Å². The lowest BCUT2D eigenvalue weighted by Crippen LogP contribution is -2.42. The third-order valence-electron chi connectivity index (χ3n) is 2.63. The second-order valence-electron chi connectivity index (χ2n) is 3.76. The number of aliphatic hydroxyl groups excluding tert-OH is 1. The van der Waals surface area contributed by atoms with E-state index in [0.717, 1.165) is 32.8 Å². The first-order chi connectivity index (χ1) is 7.76. The van der Waals surface area contributed by atoms with Crippen LogP contribution < -0.4 is 5.32 Å². The van der Waals surface area contributed by atoms with Gasteiger partial charge in [0.2, 0.25) is 0 Å². The summed E-state index contributed by atoms with van der Waals surface area (Å²) >= 11 is 0. The zero-order valence-corrected chi connectivity index (χ0v) is 9.65. The van der Waals surface area contributed by atoms with Gasteiger partial charge in [-0.25, -0.2) is 4.79 Å². The summed E-state index contributed by atoms with van der Waals surface area (Å²) in [5, 5.41) is 11.7. The van der Waals surface area contributed by atoms with Gasteiger partial charge < -0.3 is 19.9 Å². The molecule has 94 valence electrons. The van der Waals surface area contributed by atoms with Crippen molar-refractivity contribution in [3.8, 4) is 0 Å². The van der Waals surface area contributed by atoms with Gasteiger partial charge >= 0.3 is 6.09 Å². The van der Waals surface area contributed by atoms with Crippen molar-refractivity contribution >= 4 is 6.09 Å². The van der Waals surface area contributed by atoms with Crippen molar-refractivity contribution < 1.29 is 19.4 Å². The van der Waals surface area contributed by atoms with E-state index in [9.17, 15) is 4.79 Å². The van der Waals surface area contributed by atoms with Crippen LogP contribution in [0, 0.1) is 0 Å². The Hall–Kier alpha value is -0.850. The smallest absolute Gasteiger partial charge is 0.407 e. The molecule has 1 rings (SSSR count). The van der Waals surface area contributed by atoms with E-state index in [2.05, 4.69) is 15.0 Å². The van der Waals surface area contributed by atoms with Gasteiger partial charge in [-0.15, -0.1) is 0 Å². The van der Waals surface area contributed by atoms with Gasteiger partial charge in [-0.1, -0.05) is 0 Å². The summed E-state index contributed by atoms with van der Waals surface area (Å²) in [7, 11) is 1.31. The summed E-state index contributed by atoms with van der Waals surface area (Å²) in [5.74, 6) is 0. The van der Waals surface area contributed by atoms with Gasteiger partial charge in [0.25, 0.3) is 0 Å². The number of hydrogen-bond donors (Lipinski definition) is 2. The first-order valence-electron chi connectivity index (χ1n) is 5.51. The van der Waals surface area contributed by atoms with Gasteiger partial charge in [0, 0.05) is 19.6 Å². The Morgan fingerprint density at radius 2 is 2.25 bits per heavy atom. The van der Waals surface area contributed by atoms with E-state index >= 15 is 0 Å². The van der Waals surface area contributed by atoms with Crippen molar-refractivity contribution in [1.82, 2.24) is 10.2 Å². The third-order valence-corrected chi connectivity index (χ3v) is 2.63. The van der Waals surface area contributed by atoms with E-state index in [-0.39, 0.29) is 12.6 Å². The standard InChI is InChI=1S/C10H20N2O4/c1-15-10(14)11-9(8-13)2-3-12-4-6-16-7-5-12/h9,13H,2-8H2,1H3,(H,11,14). The van der Waals surface area contributed by atoms with Gasteiger partial charge in [-0.05, 0) is 6.42 Å². The second kappa shape index (κ2) is 7.43. The number of amides is 1. The number of carbonyl (C=O) groups is 1. The highest BCUT2D eigenvalue weighted by Crippen LogP contribution is 2.00. The van der Waals surface area contributed by atoms with Gasteiger partial charge in [0.1, 0.15) is 0 Å². The highest BCUT2D eigenvalue weighted by molar-refractivity contribution is 5.67. The van der Waals surface area contributed by atoms with Crippen molar-refractivity contribution in [3.63, 3.8) is 0 Å². The minimum Gasteiger partial charge on any atom is -0.453 e. The van der Waals surface area contributed by atoms with Crippen LogP contribution in [-0.2, 0) is 9.47 Å². The van der Waals surface area contributed by atoms with Crippen LogP contribution in [0.2, 0.25) is 0 Å². The predicted molar refractivity (Wildman–Crippen MR) is 58.3 cm³/mol. The number of aliphatic hydroxyl groups is 1. The predicted octanol–water partition coefficient (Wildman–Crippen LogP) is -0.574. The third kappa shape index (κ3) is 4.78. The summed E-state index contributed by atoms with van der Waals surface area (Å²) in [6.07, 6.45) is 0.215. The molecule has 0 spiro atoms. The molecule has 1 aliphatic rings. The molecule has 1 heterocycles. The number of hydrogen-bond acceptors (Lipinski definition) is 5. The molecule has 16 heavy (non-hydrogen) atoms. The molecule has 0 aromatic heterocycles. The van der Waals surface area contributed by atoms with E-state index in [0.29, 0.717) is 6.42 Å². The summed E-state index contributed by atoms with van der Waals surface area (Å²) in [6, 6.07) is -0.240. The van der Waals surface area contributed by atoms with E-state index in [1.54, 1.807) is 0 Å². The molecule has 0 aromatic rings. The first-order valence-corrected chi connectivity index (χ1v) is 5.51. The van der Waals surface area contributed by atoms with Gasteiger partial charge in [-0.2, -0.15) is 0 Å². The molecule has 1 atom stereocenters. The van der Waals surface area contributed by atoms with Gasteiger partial charge in [0.15, 0.2) is 0 Å². The number of nitrogens with zero attached hydrogens (tertiary/aromatic N) is 1. The summed E-state index contributed by atoms with van der Waals surface area (Å²) in [4.78, 5) is 13.2. The number of rotatable bonds is 5. The van der Waals surface area contributed by atoms with Crippen molar-refractivity contribution in [2.75, 3.05) is 46.6 Å². The second-order valence-corrected chi connectivity index (χ2v) is 3.76. The zero-order valence-electron chi connectivity index (χ0n) is 9.65. The minimum atomic E-state index is -0.499. The van der Waals surface area contributed by atoms with Crippen LogP contribution in [0.5, 0.6) is 0 Å². The number of methoxy groups -OCH3 is 1.